The Hall–Kier alpha value is -0.520. The molecule has 0 N–H and O–H groups in total. The van der Waals surface area contributed by atoms with Gasteiger partial charge in [-0.3, -0.25) is 0 Å². The molecule has 10 heavy (non-hydrogen) atoms. The molecule has 0 radical (unpaired) electrons. The zero-order valence-electron chi connectivity index (χ0n) is 7.09. The summed E-state index contributed by atoms with van der Waals surface area (Å²) in [4.78, 5) is 0. The Bertz CT molecular complexity index is 163. The maximum atomic E-state index is 2.32. The van der Waals surface area contributed by atoms with E-state index in [1.54, 1.807) is 0 Å². The molecule has 0 aromatic carbocycles. The van der Waals surface area contributed by atoms with Gasteiger partial charge in [0.25, 0.3) is 0 Å². The van der Waals surface area contributed by atoms with Gasteiger partial charge in [0.1, 0.15) is 0 Å². The van der Waals surface area contributed by atoms with E-state index < -0.39 is 0 Å². The summed E-state index contributed by atoms with van der Waals surface area (Å²) < 4.78 is 0. The molecule has 2 atom stereocenters. The topological polar surface area (TPSA) is 0 Å². The molecule has 0 heterocycles. The largest absolute Gasteiger partial charge is 0.0813 e. The van der Waals surface area contributed by atoms with Crippen LogP contribution in [-0.4, -0.2) is 0 Å². The van der Waals surface area contributed by atoms with Crippen molar-refractivity contribution in [2.75, 3.05) is 0 Å². The lowest BCUT2D eigenvalue weighted by atomic mass is 9.94. The van der Waals surface area contributed by atoms with E-state index >= 15 is 0 Å². The first-order chi connectivity index (χ1) is 4.70. The molecule has 0 spiro atoms. The standard InChI is InChI=1S/C10H16/c1-8-4-6-9(2)10(3)7-5-8/h4-6,9-10H,7H2,1-3H3. The molecular weight excluding hydrogens is 120 g/mol. The molecule has 56 valence electrons. The summed E-state index contributed by atoms with van der Waals surface area (Å²) >= 11 is 0. The first-order valence-corrected chi connectivity index (χ1v) is 4.05. The Kier molecular flexibility index (Phi) is 2.31. The second-order valence-corrected chi connectivity index (χ2v) is 3.38. The lowest BCUT2D eigenvalue weighted by Crippen LogP contribution is -2.01. The van der Waals surface area contributed by atoms with Crippen molar-refractivity contribution >= 4 is 0 Å². The molecule has 0 aliphatic heterocycles. The Labute approximate surface area is 63.6 Å². The summed E-state index contributed by atoms with van der Waals surface area (Å²) in [6.07, 6.45) is 8.10. The van der Waals surface area contributed by atoms with Gasteiger partial charge in [0.05, 0.1) is 0 Å². The second-order valence-electron chi connectivity index (χ2n) is 3.38. The molecule has 0 bridgehead atoms. The predicted molar refractivity (Wildman–Crippen MR) is 45.8 cm³/mol. The van der Waals surface area contributed by atoms with Gasteiger partial charge in [0, 0.05) is 0 Å². The first kappa shape index (κ1) is 7.59. The van der Waals surface area contributed by atoms with E-state index in [0.29, 0.717) is 0 Å². The molecule has 0 saturated carbocycles. The number of allylic oxidation sites excluding steroid dienone is 4. The highest BCUT2D eigenvalue weighted by Gasteiger charge is 2.09. The van der Waals surface area contributed by atoms with Crippen molar-refractivity contribution in [1.82, 2.24) is 0 Å². The van der Waals surface area contributed by atoms with Crippen LogP contribution in [0.3, 0.4) is 0 Å². The van der Waals surface area contributed by atoms with Crippen LogP contribution in [0, 0.1) is 11.8 Å². The zero-order chi connectivity index (χ0) is 7.56. The van der Waals surface area contributed by atoms with Crippen molar-refractivity contribution in [3.05, 3.63) is 23.8 Å². The van der Waals surface area contributed by atoms with Crippen LogP contribution in [0.25, 0.3) is 0 Å². The molecule has 0 amide bonds. The fourth-order valence-corrected chi connectivity index (χ4v) is 1.15. The molecule has 0 saturated heterocycles. The first-order valence-electron chi connectivity index (χ1n) is 4.05. The van der Waals surface area contributed by atoms with E-state index in [9.17, 15) is 0 Å². The third-order valence-electron chi connectivity index (χ3n) is 2.37. The Balaban J connectivity index is 2.68. The highest BCUT2D eigenvalue weighted by molar-refractivity contribution is 5.19. The fourth-order valence-electron chi connectivity index (χ4n) is 1.15. The summed E-state index contributed by atoms with van der Waals surface area (Å²) in [5.41, 5.74) is 1.41. The molecule has 0 aromatic rings. The van der Waals surface area contributed by atoms with E-state index in [0.717, 1.165) is 11.8 Å². The van der Waals surface area contributed by atoms with Gasteiger partial charge in [-0.05, 0) is 25.2 Å². The molecule has 1 rings (SSSR count). The fraction of sp³-hybridized carbons (Fsp3) is 0.600. The molecule has 1 aliphatic carbocycles. The Morgan fingerprint density at radius 2 is 2.10 bits per heavy atom. The highest BCUT2D eigenvalue weighted by Crippen LogP contribution is 2.21. The number of hydrogen-bond donors (Lipinski definition) is 0. The predicted octanol–water partition coefficient (Wildman–Crippen LogP) is 3.16. The van der Waals surface area contributed by atoms with Crippen LogP contribution in [-0.2, 0) is 0 Å². The molecule has 1 aliphatic rings. The monoisotopic (exact) mass is 136 g/mol. The molecule has 0 fully saturated rings. The van der Waals surface area contributed by atoms with Gasteiger partial charge < -0.3 is 0 Å². The molecule has 2 unspecified atom stereocenters. The van der Waals surface area contributed by atoms with Crippen LogP contribution in [0.15, 0.2) is 23.8 Å². The molecule has 0 aromatic heterocycles. The maximum absolute atomic E-state index is 2.32. The van der Waals surface area contributed by atoms with Crippen LogP contribution in [0.1, 0.15) is 27.2 Å². The van der Waals surface area contributed by atoms with Gasteiger partial charge >= 0.3 is 0 Å². The SMILES string of the molecule is CC1=CCC(C)C(C)C=C1. The third-order valence-corrected chi connectivity index (χ3v) is 2.37. The van der Waals surface area contributed by atoms with Gasteiger partial charge in [-0.25, -0.2) is 0 Å². The summed E-state index contributed by atoms with van der Waals surface area (Å²) in [6.45, 7) is 6.76. The summed E-state index contributed by atoms with van der Waals surface area (Å²) in [5.74, 6) is 1.56. The van der Waals surface area contributed by atoms with Crippen molar-refractivity contribution < 1.29 is 0 Å². The Morgan fingerprint density at radius 1 is 1.40 bits per heavy atom. The van der Waals surface area contributed by atoms with E-state index in [-0.39, 0.29) is 0 Å². The summed E-state index contributed by atoms with van der Waals surface area (Å²) in [6, 6.07) is 0. The van der Waals surface area contributed by atoms with Gasteiger partial charge in [0.2, 0.25) is 0 Å². The van der Waals surface area contributed by atoms with Crippen molar-refractivity contribution in [1.29, 1.82) is 0 Å². The number of hydrogen-bond acceptors (Lipinski definition) is 0. The average Bonchev–Trinajstić information content (AvgIpc) is 2.04. The van der Waals surface area contributed by atoms with E-state index in [2.05, 4.69) is 39.0 Å². The van der Waals surface area contributed by atoms with E-state index in [1.807, 2.05) is 0 Å². The van der Waals surface area contributed by atoms with Gasteiger partial charge in [-0.15, -0.1) is 0 Å². The summed E-state index contributed by atoms with van der Waals surface area (Å²) in [7, 11) is 0. The minimum atomic E-state index is 0.744. The minimum absolute atomic E-state index is 0.744. The molecule has 0 nitrogen and oxygen atoms in total. The average molecular weight is 136 g/mol. The molecule has 0 heteroatoms. The van der Waals surface area contributed by atoms with Crippen molar-refractivity contribution in [2.45, 2.75) is 27.2 Å². The maximum Gasteiger partial charge on any atom is -0.0230 e. The molecular formula is C10H16. The van der Waals surface area contributed by atoms with Gasteiger partial charge in [0.15, 0.2) is 0 Å². The summed E-state index contributed by atoms with van der Waals surface area (Å²) in [5, 5.41) is 0. The lowest BCUT2D eigenvalue weighted by molar-refractivity contribution is 0.468. The van der Waals surface area contributed by atoms with Crippen LogP contribution in [0.5, 0.6) is 0 Å². The lowest BCUT2D eigenvalue weighted by Gasteiger charge is -2.11. The van der Waals surface area contributed by atoms with E-state index in [1.165, 1.54) is 12.0 Å². The highest BCUT2D eigenvalue weighted by atomic mass is 14.1. The number of rotatable bonds is 0. The minimum Gasteiger partial charge on any atom is -0.0813 e. The van der Waals surface area contributed by atoms with Crippen LogP contribution in [0.2, 0.25) is 0 Å². The van der Waals surface area contributed by atoms with Crippen LogP contribution < -0.4 is 0 Å². The smallest absolute Gasteiger partial charge is 0.0230 e. The Morgan fingerprint density at radius 3 is 2.80 bits per heavy atom. The van der Waals surface area contributed by atoms with Gasteiger partial charge in [-0.2, -0.15) is 0 Å². The second kappa shape index (κ2) is 3.05. The van der Waals surface area contributed by atoms with E-state index in [4.69, 9.17) is 0 Å². The normalized spacial score (nSPS) is 33.3. The quantitative estimate of drug-likeness (QED) is 0.480. The van der Waals surface area contributed by atoms with Crippen molar-refractivity contribution in [3.63, 3.8) is 0 Å². The van der Waals surface area contributed by atoms with Crippen molar-refractivity contribution in [2.24, 2.45) is 11.8 Å². The zero-order valence-corrected chi connectivity index (χ0v) is 7.09. The van der Waals surface area contributed by atoms with Crippen LogP contribution in [0.4, 0.5) is 0 Å². The van der Waals surface area contributed by atoms with Crippen molar-refractivity contribution in [3.8, 4) is 0 Å². The van der Waals surface area contributed by atoms with Crippen LogP contribution >= 0.6 is 0 Å². The van der Waals surface area contributed by atoms with Gasteiger partial charge in [-0.1, -0.05) is 37.6 Å². The third kappa shape index (κ3) is 1.73.